The van der Waals surface area contributed by atoms with E-state index in [9.17, 15) is 0 Å². The summed E-state index contributed by atoms with van der Waals surface area (Å²) >= 11 is 0. The number of nitrogens with zero attached hydrogens (tertiary/aromatic N) is 1. The maximum Gasteiger partial charge on any atom is 0.0813 e. The van der Waals surface area contributed by atoms with E-state index < -0.39 is 0 Å². The first-order valence-electron chi connectivity index (χ1n) is 13.1. The molecule has 2 N–H and O–H groups in total. The molecule has 5 heteroatoms. The first kappa shape index (κ1) is 30.5. The Morgan fingerprint density at radius 3 is 1.52 bits per heavy atom. The SMILES string of the molecule is CCCCCCCC/C=C\CCCCCCCCN(OC(C)CCO)OC(C)CCO. The summed E-state index contributed by atoms with van der Waals surface area (Å²) in [4.78, 5) is 11.6. The van der Waals surface area contributed by atoms with E-state index in [-0.39, 0.29) is 25.4 Å². The molecular formula is C26H53NO4. The van der Waals surface area contributed by atoms with Crippen molar-refractivity contribution in [1.29, 1.82) is 0 Å². The Morgan fingerprint density at radius 2 is 1.06 bits per heavy atom. The normalized spacial score (nSPS) is 14.0. The van der Waals surface area contributed by atoms with E-state index in [2.05, 4.69) is 19.1 Å². The highest BCUT2D eigenvalue weighted by atomic mass is 17.0. The molecule has 186 valence electrons. The molecule has 0 rings (SSSR count). The van der Waals surface area contributed by atoms with Gasteiger partial charge in [0, 0.05) is 13.2 Å². The van der Waals surface area contributed by atoms with Gasteiger partial charge in [-0.05, 0) is 58.8 Å². The Hall–Kier alpha value is -0.460. The monoisotopic (exact) mass is 443 g/mol. The highest BCUT2D eigenvalue weighted by Gasteiger charge is 2.14. The zero-order chi connectivity index (χ0) is 23.0. The molecule has 2 atom stereocenters. The molecule has 0 bridgehead atoms. The van der Waals surface area contributed by atoms with Gasteiger partial charge in [0.2, 0.25) is 0 Å². The lowest BCUT2D eigenvalue weighted by atomic mass is 10.1. The van der Waals surface area contributed by atoms with Crippen LogP contribution in [-0.2, 0) is 9.68 Å². The van der Waals surface area contributed by atoms with E-state index in [4.69, 9.17) is 19.9 Å². The predicted molar refractivity (Wildman–Crippen MR) is 131 cm³/mol. The molecule has 5 nitrogen and oxygen atoms in total. The summed E-state index contributed by atoms with van der Waals surface area (Å²) < 4.78 is 0. The van der Waals surface area contributed by atoms with Crippen molar-refractivity contribution >= 4 is 0 Å². The summed E-state index contributed by atoms with van der Waals surface area (Å²) in [7, 11) is 0. The standard InChI is InChI=1S/C26H53NO4/c1-4-5-6-7-8-9-10-11-12-13-14-15-16-17-18-19-22-27(30-25(2)20-23-28)31-26(3)21-24-29/h11-12,25-26,28-29H,4-10,13-24H2,1-3H3/b12-11-. The molecular weight excluding hydrogens is 390 g/mol. The summed E-state index contributed by atoms with van der Waals surface area (Å²) in [5, 5.41) is 19.7. The minimum atomic E-state index is -0.0829. The molecule has 0 aromatic heterocycles. The maximum absolute atomic E-state index is 9.06. The van der Waals surface area contributed by atoms with Crippen LogP contribution in [0.5, 0.6) is 0 Å². The van der Waals surface area contributed by atoms with Crippen molar-refractivity contribution in [2.75, 3.05) is 19.8 Å². The van der Waals surface area contributed by atoms with E-state index in [1.54, 1.807) is 5.23 Å². The van der Waals surface area contributed by atoms with Crippen molar-refractivity contribution < 1.29 is 19.9 Å². The van der Waals surface area contributed by atoms with Crippen LogP contribution in [0.3, 0.4) is 0 Å². The molecule has 0 saturated carbocycles. The van der Waals surface area contributed by atoms with Gasteiger partial charge in [0.25, 0.3) is 0 Å². The first-order valence-corrected chi connectivity index (χ1v) is 13.1. The van der Waals surface area contributed by atoms with Crippen molar-refractivity contribution in [1.82, 2.24) is 5.23 Å². The lowest BCUT2D eigenvalue weighted by molar-refractivity contribution is -0.399. The zero-order valence-corrected chi connectivity index (χ0v) is 20.9. The predicted octanol–water partition coefficient (Wildman–Crippen LogP) is 6.73. The summed E-state index contributed by atoms with van der Waals surface area (Å²) in [6.45, 7) is 7.07. The molecule has 0 aliphatic heterocycles. The van der Waals surface area contributed by atoms with Gasteiger partial charge in [-0.25, -0.2) is 0 Å². The van der Waals surface area contributed by atoms with Gasteiger partial charge in [-0.15, -0.1) is 0 Å². The van der Waals surface area contributed by atoms with Crippen molar-refractivity contribution in [3.63, 3.8) is 0 Å². The summed E-state index contributed by atoms with van der Waals surface area (Å²) in [6.07, 6.45) is 23.8. The third-order valence-corrected chi connectivity index (χ3v) is 5.52. The van der Waals surface area contributed by atoms with Crippen LogP contribution in [0.2, 0.25) is 0 Å². The van der Waals surface area contributed by atoms with Gasteiger partial charge < -0.3 is 10.2 Å². The topological polar surface area (TPSA) is 62.2 Å². The second-order valence-corrected chi connectivity index (χ2v) is 8.85. The smallest absolute Gasteiger partial charge is 0.0813 e. The molecule has 0 spiro atoms. The largest absolute Gasteiger partial charge is 0.396 e. The Bertz CT molecular complexity index is 364. The Kier molecular flexibility index (Phi) is 23.8. The molecule has 0 radical (unpaired) electrons. The van der Waals surface area contributed by atoms with Crippen molar-refractivity contribution in [3.8, 4) is 0 Å². The van der Waals surface area contributed by atoms with Crippen LogP contribution in [0.4, 0.5) is 0 Å². The highest BCUT2D eigenvalue weighted by molar-refractivity contribution is 4.81. The summed E-state index contributed by atoms with van der Waals surface area (Å²) in [5.74, 6) is 0. The van der Waals surface area contributed by atoms with Gasteiger partial charge in [-0.1, -0.05) is 82.1 Å². The number of hydroxylamine groups is 2. The van der Waals surface area contributed by atoms with Gasteiger partial charge in [0.15, 0.2) is 0 Å². The molecule has 0 amide bonds. The number of rotatable bonds is 24. The maximum atomic E-state index is 9.06. The summed E-state index contributed by atoms with van der Waals surface area (Å²) in [5.41, 5.74) is 0. The lowest BCUT2D eigenvalue weighted by Crippen LogP contribution is -2.33. The fraction of sp³-hybridized carbons (Fsp3) is 0.923. The van der Waals surface area contributed by atoms with Gasteiger partial charge in [0.05, 0.1) is 18.8 Å². The highest BCUT2D eigenvalue weighted by Crippen LogP contribution is 2.12. The first-order chi connectivity index (χ1) is 15.1. The molecule has 0 aliphatic carbocycles. The van der Waals surface area contributed by atoms with Crippen molar-refractivity contribution in [3.05, 3.63) is 12.2 Å². The van der Waals surface area contributed by atoms with E-state index in [1.165, 1.54) is 83.5 Å². The molecule has 0 saturated heterocycles. The Labute approximate surface area is 193 Å². The van der Waals surface area contributed by atoms with Crippen LogP contribution >= 0.6 is 0 Å². The minimum absolute atomic E-state index is 0.0829. The molecule has 0 aromatic carbocycles. The Morgan fingerprint density at radius 1 is 0.645 bits per heavy atom. The number of aliphatic hydroxyl groups is 2. The summed E-state index contributed by atoms with van der Waals surface area (Å²) in [6, 6.07) is 0. The van der Waals surface area contributed by atoms with Crippen LogP contribution in [0.1, 0.15) is 124 Å². The second kappa shape index (κ2) is 24.2. The minimum Gasteiger partial charge on any atom is -0.396 e. The van der Waals surface area contributed by atoms with Crippen molar-refractivity contribution in [2.24, 2.45) is 0 Å². The zero-order valence-electron chi connectivity index (χ0n) is 20.9. The molecule has 0 aliphatic rings. The van der Waals surface area contributed by atoms with E-state index in [0.717, 1.165) is 6.42 Å². The van der Waals surface area contributed by atoms with Crippen LogP contribution in [-0.4, -0.2) is 47.4 Å². The lowest BCUT2D eigenvalue weighted by Gasteiger charge is -2.27. The van der Waals surface area contributed by atoms with Crippen LogP contribution < -0.4 is 0 Å². The number of hydrogen-bond donors (Lipinski definition) is 2. The Balaban J connectivity index is 3.67. The molecule has 0 heterocycles. The number of aliphatic hydroxyl groups excluding tert-OH is 2. The second-order valence-electron chi connectivity index (χ2n) is 8.85. The molecule has 0 aromatic rings. The number of allylic oxidation sites excluding steroid dienone is 2. The fourth-order valence-corrected chi connectivity index (χ4v) is 3.49. The van der Waals surface area contributed by atoms with E-state index in [1.807, 2.05) is 13.8 Å². The number of hydrogen-bond acceptors (Lipinski definition) is 5. The van der Waals surface area contributed by atoms with Crippen molar-refractivity contribution in [2.45, 2.75) is 136 Å². The van der Waals surface area contributed by atoms with Crippen LogP contribution in [0.15, 0.2) is 12.2 Å². The number of unbranched alkanes of at least 4 members (excludes halogenated alkanes) is 12. The molecule has 31 heavy (non-hydrogen) atoms. The molecule has 2 unspecified atom stereocenters. The van der Waals surface area contributed by atoms with E-state index in [0.29, 0.717) is 19.4 Å². The van der Waals surface area contributed by atoms with E-state index >= 15 is 0 Å². The average Bonchev–Trinajstić information content (AvgIpc) is 2.73. The third-order valence-electron chi connectivity index (χ3n) is 5.52. The average molecular weight is 444 g/mol. The van der Waals surface area contributed by atoms with Crippen LogP contribution in [0, 0.1) is 0 Å². The van der Waals surface area contributed by atoms with Gasteiger partial charge in [0.1, 0.15) is 0 Å². The van der Waals surface area contributed by atoms with Gasteiger partial charge in [-0.3, -0.25) is 9.68 Å². The van der Waals surface area contributed by atoms with Gasteiger partial charge >= 0.3 is 0 Å². The quantitative estimate of drug-likeness (QED) is 0.0983. The molecule has 0 fully saturated rings. The van der Waals surface area contributed by atoms with Gasteiger partial charge in [-0.2, -0.15) is 0 Å². The van der Waals surface area contributed by atoms with Crippen LogP contribution in [0.25, 0.3) is 0 Å². The third kappa shape index (κ3) is 22.5. The fourth-order valence-electron chi connectivity index (χ4n) is 3.49.